The van der Waals surface area contributed by atoms with Crippen LogP contribution >= 0.6 is 8.58 Å². The minimum Gasteiger partial charge on any atom is -0.115 e. The summed E-state index contributed by atoms with van der Waals surface area (Å²) in [4.78, 5) is 0. The topological polar surface area (TPSA) is 0 Å². The van der Waals surface area contributed by atoms with E-state index in [9.17, 15) is 0 Å². The van der Waals surface area contributed by atoms with E-state index in [0.717, 1.165) is 35.0 Å². The molecule has 1 heteroatoms. The van der Waals surface area contributed by atoms with E-state index in [1.165, 1.54) is 21.4 Å². The van der Waals surface area contributed by atoms with E-state index in [1.54, 1.807) is 5.57 Å². The van der Waals surface area contributed by atoms with Crippen LogP contribution in [0, 0.1) is 23.7 Å². The van der Waals surface area contributed by atoms with Gasteiger partial charge in [-0.3, -0.25) is 0 Å². The van der Waals surface area contributed by atoms with Gasteiger partial charge in [0.1, 0.15) is 0 Å². The van der Waals surface area contributed by atoms with Crippen LogP contribution in [0.3, 0.4) is 0 Å². The van der Waals surface area contributed by atoms with Crippen molar-refractivity contribution < 1.29 is 0 Å². The molecule has 1 unspecified atom stereocenters. The Labute approximate surface area is 103 Å². The second-order valence-corrected chi connectivity index (χ2v) is 8.23. The highest BCUT2D eigenvalue weighted by Crippen LogP contribution is 2.52. The van der Waals surface area contributed by atoms with Gasteiger partial charge in [-0.1, -0.05) is 39.3 Å². The molecule has 0 amide bonds. The Morgan fingerprint density at radius 2 is 1.94 bits per heavy atom. The summed E-state index contributed by atoms with van der Waals surface area (Å²) in [5.74, 6) is 3.58. The van der Waals surface area contributed by atoms with Crippen LogP contribution in [0.5, 0.6) is 0 Å². The zero-order valence-electron chi connectivity index (χ0n) is 11.5. The predicted molar refractivity (Wildman–Crippen MR) is 75.5 cm³/mol. The number of hydrogen-bond acceptors (Lipinski definition) is 0. The molecule has 6 atom stereocenters. The van der Waals surface area contributed by atoms with Crippen molar-refractivity contribution in [3.05, 3.63) is 11.6 Å². The average Bonchev–Trinajstić information content (AvgIpc) is 2.18. The number of hydrogen-bond donors (Lipinski definition) is 0. The van der Waals surface area contributed by atoms with Crippen LogP contribution in [0.2, 0.25) is 0 Å². The van der Waals surface area contributed by atoms with Gasteiger partial charge >= 0.3 is 0 Å². The summed E-state index contributed by atoms with van der Waals surface area (Å²) >= 11 is 0. The lowest BCUT2D eigenvalue weighted by atomic mass is 9.76. The molecule has 0 aromatic carbocycles. The van der Waals surface area contributed by atoms with Crippen LogP contribution in [0.15, 0.2) is 11.6 Å². The maximum Gasteiger partial charge on any atom is -0.0137 e. The molecule has 92 valence electrons. The molecule has 0 N–H and O–H groups in total. The van der Waals surface area contributed by atoms with Crippen LogP contribution in [0.4, 0.5) is 0 Å². The minimum absolute atomic E-state index is 0.829. The predicted octanol–water partition coefficient (Wildman–Crippen LogP) is 4.70. The third-order valence-corrected chi connectivity index (χ3v) is 7.29. The number of rotatable bonds is 1. The van der Waals surface area contributed by atoms with Crippen molar-refractivity contribution in [2.75, 3.05) is 0 Å². The maximum atomic E-state index is 2.54. The number of allylic oxidation sites excluding steroid dienone is 2. The van der Waals surface area contributed by atoms with Crippen molar-refractivity contribution >= 4 is 8.58 Å². The van der Waals surface area contributed by atoms with Gasteiger partial charge in [0.05, 0.1) is 0 Å². The van der Waals surface area contributed by atoms with Crippen molar-refractivity contribution in [3.63, 3.8) is 0 Å². The fourth-order valence-electron chi connectivity index (χ4n) is 3.87. The Balaban J connectivity index is 2.14. The van der Waals surface area contributed by atoms with E-state index in [1.807, 2.05) is 0 Å². The Morgan fingerprint density at radius 3 is 2.56 bits per heavy atom. The molecule has 1 saturated heterocycles. The molecule has 0 spiro atoms. The Bertz CT molecular complexity index is 279. The molecule has 0 aromatic rings. The van der Waals surface area contributed by atoms with Crippen LogP contribution in [-0.2, 0) is 0 Å². The van der Waals surface area contributed by atoms with Crippen molar-refractivity contribution in [2.45, 2.75) is 58.8 Å². The van der Waals surface area contributed by atoms with Crippen molar-refractivity contribution in [1.82, 2.24) is 0 Å². The first kappa shape index (κ1) is 12.6. The molecule has 2 rings (SSSR count). The van der Waals surface area contributed by atoms with Gasteiger partial charge in [0, 0.05) is 0 Å². The molecule has 16 heavy (non-hydrogen) atoms. The molecule has 0 bridgehead atoms. The summed E-state index contributed by atoms with van der Waals surface area (Å²) in [5, 5.41) is 0. The van der Waals surface area contributed by atoms with Gasteiger partial charge in [-0.2, -0.15) is 0 Å². The van der Waals surface area contributed by atoms with Gasteiger partial charge in [0.2, 0.25) is 0 Å². The first-order valence-corrected chi connectivity index (χ1v) is 8.09. The van der Waals surface area contributed by atoms with E-state index in [-0.39, 0.29) is 0 Å². The molecule has 1 heterocycles. The summed E-state index contributed by atoms with van der Waals surface area (Å²) in [6, 6.07) is 0. The fourth-order valence-corrected chi connectivity index (χ4v) is 6.35. The molecule has 0 nitrogen and oxygen atoms in total. The average molecular weight is 238 g/mol. The van der Waals surface area contributed by atoms with Crippen molar-refractivity contribution in [1.29, 1.82) is 0 Å². The van der Waals surface area contributed by atoms with E-state index in [2.05, 4.69) is 40.7 Å². The molecule has 2 aliphatic rings. The monoisotopic (exact) mass is 238 g/mol. The van der Waals surface area contributed by atoms with Gasteiger partial charge in [-0.15, -0.1) is 8.58 Å². The van der Waals surface area contributed by atoms with E-state index >= 15 is 0 Å². The quantitative estimate of drug-likeness (QED) is 0.459. The summed E-state index contributed by atoms with van der Waals surface area (Å²) in [6.07, 6.45) is 5.44. The molecule has 0 saturated carbocycles. The molecular formula is C15H27P. The molecule has 1 aliphatic heterocycles. The zero-order chi connectivity index (χ0) is 11.9. The molecular weight excluding hydrogens is 211 g/mol. The van der Waals surface area contributed by atoms with Crippen LogP contribution in [0.1, 0.15) is 47.5 Å². The molecule has 1 fully saturated rings. The SMILES string of the molecule is CC1=C[C@H](C)C[C@@H]2P[C@H](C(C)C)[C@H](C)C[C@@H]12. The fraction of sp³-hybridized carbons (Fsp3) is 0.867. The van der Waals surface area contributed by atoms with Gasteiger partial charge in [-0.25, -0.2) is 0 Å². The minimum atomic E-state index is 0.829. The summed E-state index contributed by atoms with van der Waals surface area (Å²) in [5.41, 5.74) is 3.72. The van der Waals surface area contributed by atoms with Gasteiger partial charge in [0.15, 0.2) is 0 Å². The lowest BCUT2D eigenvalue weighted by Gasteiger charge is -2.45. The normalized spacial score (nSPS) is 45.6. The third kappa shape index (κ3) is 2.37. The second kappa shape index (κ2) is 4.81. The van der Waals surface area contributed by atoms with Crippen LogP contribution in [0.25, 0.3) is 0 Å². The lowest BCUT2D eigenvalue weighted by molar-refractivity contribution is 0.317. The largest absolute Gasteiger partial charge is 0.115 e. The smallest absolute Gasteiger partial charge is 0.0137 e. The summed E-state index contributed by atoms with van der Waals surface area (Å²) < 4.78 is 0. The summed E-state index contributed by atoms with van der Waals surface area (Å²) in [6.45, 7) is 12.1. The second-order valence-electron chi connectivity index (χ2n) is 6.49. The first-order chi connectivity index (χ1) is 7.49. The third-order valence-electron chi connectivity index (χ3n) is 4.61. The number of fused-ring (bicyclic) bond motifs is 1. The van der Waals surface area contributed by atoms with E-state index in [0.29, 0.717) is 0 Å². The molecule has 0 aromatic heterocycles. The van der Waals surface area contributed by atoms with Gasteiger partial charge in [0.25, 0.3) is 0 Å². The Morgan fingerprint density at radius 1 is 1.25 bits per heavy atom. The molecule has 0 radical (unpaired) electrons. The zero-order valence-corrected chi connectivity index (χ0v) is 12.5. The maximum absolute atomic E-state index is 2.54. The van der Waals surface area contributed by atoms with Crippen LogP contribution in [-0.4, -0.2) is 11.3 Å². The van der Waals surface area contributed by atoms with Crippen LogP contribution < -0.4 is 0 Å². The highest BCUT2D eigenvalue weighted by Gasteiger charge is 2.38. The standard InChI is InChI=1S/C15H27P/c1-9(2)15-12(5)8-13-11(4)6-10(3)7-14(13)16-15/h6,9-10,12-16H,7-8H2,1-5H3/t10-,12+,13-,14-,15+/m0/s1. The van der Waals surface area contributed by atoms with E-state index < -0.39 is 0 Å². The van der Waals surface area contributed by atoms with Gasteiger partial charge < -0.3 is 0 Å². The Kier molecular flexibility index (Phi) is 3.79. The molecule has 1 aliphatic carbocycles. The van der Waals surface area contributed by atoms with E-state index in [4.69, 9.17) is 0 Å². The van der Waals surface area contributed by atoms with Crippen molar-refractivity contribution in [3.8, 4) is 0 Å². The lowest BCUT2D eigenvalue weighted by Crippen LogP contribution is -2.37. The Hall–Kier alpha value is 0.170. The first-order valence-electron chi connectivity index (χ1n) is 6.93. The summed E-state index contributed by atoms with van der Waals surface area (Å²) in [7, 11) is 1.21. The van der Waals surface area contributed by atoms with Gasteiger partial charge in [-0.05, 0) is 54.8 Å². The highest BCUT2D eigenvalue weighted by molar-refractivity contribution is 7.40. The highest BCUT2D eigenvalue weighted by atomic mass is 31.1. The van der Waals surface area contributed by atoms with Crippen molar-refractivity contribution in [2.24, 2.45) is 23.7 Å².